The van der Waals surface area contributed by atoms with Crippen LogP contribution in [-0.2, 0) is 0 Å². The molecule has 0 radical (unpaired) electrons. The van der Waals surface area contributed by atoms with Crippen molar-refractivity contribution in [3.05, 3.63) is 39.4 Å². The lowest BCUT2D eigenvalue weighted by Gasteiger charge is -2.06. The first-order chi connectivity index (χ1) is 6.52. The van der Waals surface area contributed by atoms with Crippen LogP contribution in [0.2, 0.25) is 10.0 Å². The zero-order valence-electron chi connectivity index (χ0n) is 8.09. The fraction of sp³-hybridized carbons (Fsp3) is 0.273. The lowest BCUT2D eigenvalue weighted by atomic mass is 10.1. The minimum Gasteiger partial charge on any atom is -0.389 e. The highest BCUT2D eigenvalue weighted by molar-refractivity contribution is 6.37. The Morgan fingerprint density at radius 1 is 1.36 bits per heavy atom. The lowest BCUT2D eigenvalue weighted by Crippen LogP contribution is -2.00. The van der Waals surface area contributed by atoms with Crippen molar-refractivity contribution in [1.29, 1.82) is 0 Å². The molecule has 0 saturated carbocycles. The smallest absolute Gasteiger partial charge is 0.0722 e. The Kier molecular flexibility index (Phi) is 3.99. The Labute approximate surface area is 94.0 Å². The summed E-state index contributed by atoms with van der Waals surface area (Å²) in [6.07, 6.45) is 1.32. The molecule has 1 aromatic rings. The number of halogens is 2. The summed E-state index contributed by atoms with van der Waals surface area (Å²) in [5.74, 6) is 0. The van der Waals surface area contributed by atoms with E-state index in [0.29, 0.717) is 10.0 Å². The molecule has 3 heteroatoms. The summed E-state index contributed by atoms with van der Waals surface area (Å²) in [6, 6.07) is 5.34. The number of hydrogen-bond acceptors (Lipinski definition) is 1. The largest absolute Gasteiger partial charge is 0.389 e. The molecule has 1 aromatic carbocycles. The fourth-order valence-electron chi connectivity index (χ4n) is 0.997. The first kappa shape index (κ1) is 11.6. The number of aliphatic hydroxyl groups is 1. The highest BCUT2D eigenvalue weighted by Gasteiger charge is 2.04. The van der Waals surface area contributed by atoms with E-state index in [1.54, 1.807) is 31.2 Å². The number of benzene rings is 1. The SMILES string of the molecule is C/C(=C\c1c(Cl)cccc1Cl)C(C)O. The molecule has 0 saturated heterocycles. The molecule has 0 aliphatic rings. The molecular formula is C11H12Cl2O. The van der Waals surface area contributed by atoms with Crippen molar-refractivity contribution in [1.82, 2.24) is 0 Å². The predicted octanol–water partition coefficient (Wildman–Crippen LogP) is 3.78. The van der Waals surface area contributed by atoms with E-state index in [4.69, 9.17) is 23.2 Å². The third-order valence-electron chi connectivity index (χ3n) is 2.03. The Hall–Kier alpha value is -0.500. The van der Waals surface area contributed by atoms with Crippen molar-refractivity contribution in [2.45, 2.75) is 20.0 Å². The summed E-state index contributed by atoms with van der Waals surface area (Å²) in [7, 11) is 0. The minimum atomic E-state index is -0.484. The van der Waals surface area contributed by atoms with E-state index >= 15 is 0 Å². The van der Waals surface area contributed by atoms with Gasteiger partial charge in [-0.1, -0.05) is 35.3 Å². The summed E-state index contributed by atoms with van der Waals surface area (Å²) in [6.45, 7) is 3.54. The van der Waals surface area contributed by atoms with Crippen molar-refractivity contribution in [2.24, 2.45) is 0 Å². The average Bonchev–Trinajstić information content (AvgIpc) is 2.11. The zero-order chi connectivity index (χ0) is 10.7. The summed E-state index contributed by atoms with van der Waals surface area (Å²) >= 11 is 11.9. The molecule has 0 amide bonds. The minimum absolute atomic E-state index is 0.484. The van der Waals surface area contributed by atoms with Crippen LogP contribution in [-0.4, -0.2) is 11.2 Å². The molecule has 1 atom stereocenters. The van der Waals surface area contributed by atoms with Crippen molar-refractivity contribution < 1.29 is 5.11 Å². The van der Waals surface area contributed by atoms with Crippen molar-refractivity contribution >= 4 is 29.3 Å². The van der Waals surface area contributed by atoms with Crippen molar-refractivity contribution in [2.75, 3.05) is 0 Å². The third kappa shape index (κ3) is 2.74. The Balaban J connectivity index is 3.14. The van der Waals surface area contributed by atoms with Gasteiger partial charge in [0, 0.05) is 15.6 Å². The zero-order valence-corrected chi connectivity index (χ0v) is 9.60. The molecule has 76 valence electrons. The second kappa shape index (κ2) is 4.83. The van der Waals surface area contributed by atoms with Crippen LogP contribution < -0.4 is 0 Å². The molecule has 0 bridgehead atoms. The second-order valence-corrected chi connectivity index (χ2v) is 4.01. The standard InChI is InChI=1S/C11H12Cl2O/c1-7(8(2)14)6-9-10(12)4-3-5-11(9)13/h3-6,8,14H,1-2H3/b7-6+. The molecular weight excluding hydrogens is 219 g/mol. The molecule has 0 spiro atoms. The summed E-state index contributed by atoms with van der Waals surface area (Å²) in [5, 5.41) is 10.5. The van der Waals surface area contributed by atoms with Crippen LogP contribution in [0.5, 0.6) is 0 Å². The van der Waals surface area contributed by atoms with Crippen LogP contribution >= 0.6 is 23.2 Å². The van der Waals surface area contributed by atoms with E-state index < -0.39 is 6.10 Å². The van der Waals surface area contributed by atoms with Gasteiger partial charge in [-0.05, 0) is 31.6 Å². The van der Waals surface area contributed by atoms with E-state index in [1.165, 1.54) is 0 Å². The highest BCUT2D eigenvalue weighted by atomic mass is 35.5. The van der Waals surface area contributed by atoms with Crippen LogP contribution in [0.25, 0.3) is 6.08 Å². The highest BCUT2D eigenvalue weighted by Crippen LogP contribution is 2.26. The van der Waals surface area contributed by atoms with Crippen LogP contribution in [0.3, 0.4) is 0 Å². The van der Waals surface area contributed by atoms with Gasteiger partial charge in [-0.3, -0.25) is 0 Å². The predicted molar refractivity (Wildman–Crippen MR) is 61.8 cm³/mol. The number of rotatable bonds is 2. The van der Waals surface area contributed by atoms with E-state index in [9.17, 15) is 5.11 Å². The van der Waals surface area contributed by atoms with Crippen LogP contribution in [0.4, 0.5) is 0 Å². The van der Waals surface area contributed by atoms with Gasteiger partial charge >= 0.3 is 0 Å². The maximum Gasteiger partial charge on any atom is 0.0722 e. The summed E-state index contributed by atoms with van der Waals surface area (Å²) < 4.78 is 0. The Morgan fingerprint density at radius 2 is 1.86 bits per heavy atom. The van der Waals surface area contributed by atoms with E-state index in [2.05, 4.69) is 0 Å². The Morgan fingerprint density at radius 3 is 2.29 bits per heavy atom. The number of hydrogen-bond donors (Lipinski definition) is 1. The molecule has 1 nitrogen and oxygen atoms in total. The quantitative estimate of drug-likeness (QED) is 0.821. The first-order valence-electron chi connectivity index (χ1n) is 4.32. The molecule has 0 heterocycles. The topological polar surface area (TPSA) is 20.2 Å². The Bertz CT molecular complexity index is 336. The second-order valence-electron chi connectivity index (χ2n) is 3.20. The van der Waals surface area contributed by atoms with E-state index in [-0.39, 0.29) is 0 Å². The number of aliphatic hydroxyl groups excluding tert-OH is 1. The van der Waals surface area contributed by atoms with Gasteiger partial charge in [0.25, 0.3) is 0 Å². The molecule has 0 aliphatic heterocycles. The lowest BCUT2D eigenvalue weighted by molar-refractivity contribution is 0.232. The van der Waals surface area contributed by atoms with Gasteiger partial charge in [0.2, 0.25) is 0 Å². The third-order valence-corrected chi connectivity index (χ3v) is 2.69. The molecule has 1 rings (SSSR count). The fourth-order valence-corrected chi connectivity index (χ4v) is 1.50. The maximum atomic E-state index is 9.31. The van der Waals surface area contributed by atoms with Crippen LogP contribution in [0, 0.1) is 0 Å². The van der Waals surface area contributed by atoms with Gasteiger partial charge in [-0.2, -0.15) is 0 Å². The summed E-state index contributed by atoms with van der Waals surface area (Å²) in [5.41, 5.74) is 1.59. The van der Waals surface area contributed by atoms with Crippen molar-refractivity contribution in [3.8, 4) is 0 Å². The van der Waals surface area contributed by atoms with Crippen LogP contribution in [0.15, 0.2) is 23.8 Å². The monoisotopic (exact) mass is 230 g/mol. The normalized spacial score (nSPS) is 14.2. The molecule has 1 N–H and O–H groups in total. The van der Waals surface area contributed by atoms with Gasteiger partial charge in [0.1, 0.15) is 0 Å². The summed E-state index contributed by atoms with van der Waals surface area (Å²) in [4.78, 5) is 0. The van der Waals surface area contributed by atoms with Crippen molar-refractivity contribution in [3.63, 3.8) is 0 Å². The maximum absolute atomic E-state index is 9.31. The molecule has 0 aliphatic carbocycles. The van der Waals surface area contributed by atoms with Gasteiger partial charge in [0.05, 0.1) is 6.10 Å². The van der Waals surface area contributed by atoms with Gasteiger partial charge < -0.3 is 5.11 Å². The van der Waals surface area contributed by atoms with Gasteiger partial charge in [0.15, 0.2) is 0 Å². The van der Waals surface area contributed by atoms with E-state index in [1.807, 2.05) is 6.92 Å². The molecule has 0 fully saturated rings. The average molecular weight is 231 g/mol. The van der Waals surface area contributed by atoms with Gasteiger partial charge in [-0.15, -0.1) is 0 Å². The first-order valence-corrected chi connectivity index (χ1v) is 5.08. The molecule has 0 aromatic heterocycles. The molecule has 14 heavy (non-hydrogen) atoms. The van der Waals surface area contributed by atoms with E-state index in [0.717, 1.165) is 11.1 Å². The molecule has 1 unspecified atom stereocenters. The van der Waals surface area contributed by atoms with Crippen LogP contribution in [0.1, 0.15) is 19.4 Å². The van der Waals surface area contributed by atoms with Gasteiger partial charge in [-0.25, -0.2) is 0 Å².